The number of carbonyl (C=O) groups is 2. The van der Waals surface area contributed by atoms with E-state index in [4.69, 9.17) is 0 Å². The van der Waals surface area contributed by atoms with Gasteiger partial charge in [-0.2, -0.15) is 5.10 Å². The van der Waals surface area contributed by atoms with Crippen LogP contribution in [0.15, 0.2) is 30.5 Å². The van der Waals surface area contributed by atoms with Crippen LogP contribution < -0.4 is 10.6 Å². The molecule has 0 aliphatic heterocycles. The van der Waals surface area contributed by atoms with E-state index in [1.54, 1.807) is 16.9 Å². The molecular weight excluding hydrogens is 292 g/mol. The minimum absolute atomic E-state index is 0.0973. The molecule has 23 heavy (non-hydrogen) atoms. The number of amides is 2. The zero-order chi connectivity index (χ0) is 16.4. The van der Waals surface area contributed by atoms with Crippen molar-refractivity contribution in [2.75, 3.05) is 10.6 Å². The van der Waals surface area contributed by atoms with Crippen molar-refractivity contribution in [3.05, 3.63) is 41.6 Å². The number of carbonyl (C=O) groups excluding carboxylic acids is 2. The average Bonchev–Trinajstić information content (AvgIpc) is 3.15. The minimum atomic E-state index is -0.701. The Morgan fingerprint density at radius 3 is 2.61 bits per heavy atom. The second kappa shape index (κ2) is 6.24. The fraction of sp³-hybridized carbons (Fsp3) is 0.353. The van der Waals surface area contributed by atoms with Gasteiger partial charge in [0.25, 0.3) is 0 Å². The molecule has 2 N–H and O–H groups in total. The van der Waals surface area contributed by atoms with Gasteiger partial charge in [0.1, 0.15) is 5.82 Å². The van der Waals surface area contributed by atoms with Gasteiger partial charge in [-0.05, 0) is 56.4 Å². The number of anilines is 2. The standard InChI is InChI=1S/C17H20N4O2/c1-11(2)21-15(8-9-18-21)20-17(23)16(22)19-14-7-6-12-4-3-5-13(12)10-14/h6-11H,3-5H2,1-2H3,(H,19,22)(H,20,23). The van der Waals surface area contributed by atoms with E-state index in [9.17, 15) is 9.59 Å². The fourth-order valence-electron chi connectivity index (χ4n) is 2.84. The Kier molecular flexibility index (Phi) is 4.14. The Balaban J connectivity index is 1.66. The highest BCUT2D eigenvalue weighted by atomic mass is 16.2. The SMILES string of the molecule is CC(C)n1nccc1NC(=O)C(=O)Nc1ccc2c(c1)CCC2. The summed E-state index contributed by atoms with van der Waals surface area (Å²) in [4.78, 5) is 24.1. The number of nitrogens with zero attached hydrogens (tertiary/aromatic N) is 2. The third kappa shape index (κ3) is 3.26. The Morgan fingerprint density at radius 1 is 1.09 bits per heavy atom. The summed E-state index contributed by atoms with van der Waals surface area (Å²) in [7, 11) is 0. The molecule has 0 atom stereocenters. The summed E-state index contributed by atoms with van der Waals surface area (Å²) in [5.74, 6) is -0.874. The summed E-state index contributed by atoms with van der Waals surface area (Å²) in [6, 6.07) is 7.57. The predicted molar refractivity (Wildman–Crippen MR) is 88.3 cm³/mol. The smallest absolute Gasteiger partial charge is 0.315 e. The first-order chi connectivity index (χ1) is 11.0. The molecule has 3 rings (SSSR count). The van der Waals surface area contributed by atoms with Gasteiger partial charge in [-0.3, -0.25) is 9.59 Å². The molecule has 2 amide bonds. The zero-order valence-electron chi connectivity index (χ0n) is 13.3. The van der Waals surface area contributed by atoms with Gasteiger partial charge in [-0.25, -0.2) is 4.68 Å². The lowest BCUT2D eigenvalue weighted by Crippen LogP contribution is -2.30. The maximum Gasteiger partial charge on any atom is 0.315 e. The van der Waals surface area contributed by atoms with Crippen LogP contribution in [0.1, 0.15) is 37.4 Å². The molecule has 0 fully saturated rings. The second-order valence-electron chi connectivity index (χ2n) is 6.00. The molecule has 0 bridgehead atoms. The summed E-state index contributed by atoms with van der Waals surface area (Å²) in [6.07, 6.45) is 4.85. The number of hydrogen-bond acceptors (Lipinski definition) is 3. The van der Waals surface area contributed by atoms with Crippen LogP contribution in [0.4, 0.5) is 11.5 Å². The van der Waals surface area contributed by atoms with Gasteiger partial charge < -0.3 is 10.6 Å². The van der Waals surface area contributed by atoms with Crippen LogP contribution >= 0.6 is 0 Å². The average molecular weight is 312 g/mol. The highest BCUT2D eigenvalue weighted by Crippen LogP contribution is 2.24. The number of fused-ring (bicyclic) bond motifs is 1. The van der Waals surface area contributed by atoms with Gasteiger partial charge in [0.15, 0.2) is 0 Å². The van der Waals surface area contributed by atoms with E-state index < -0.39 is 11.8 Å². The van der Waals surface area contributed by atoms with Gasteiger partial charge in [0, 0.05) is 17.8 Å². The first-order valence-electron chi connectivity index (χ1n) is 7.82. The van der Waals surface area contributed by atoms with Crippen molar-refractivity contribution in [2.24, 2.45) is 0 Å². The second-order valence-corrected chi connectivity index (χ2v) is 6.00. The van der Waals surface area contributed by atoms with E-state index in [-0.39, 0.29) is 6.04 Å². The molecule has 0 saturated heterocycles. The van der Waals surface area contributed by atoms with E-state index in [0.29, 0.717) is 11.5 Å². The van der Waals surface area contributed by atoms with Gasteiger partial charge in [-0.15, -0.1) is 0 Å². The van der Waals surface area contributed by atoms with E-state index in [1.165, 1.54) is 11.1 Å². The molecule has 6 nitrogen and oxygen atoms in total. The maximum absolute atomic E-state index is 12.1. The molecule has 1 heterocycles. The molecule has 1 aliphatic rings. The predicted octanol–water partition coefficient (Wildman–Crippen LogP) is 2.53. The molecule has 1 aromatic carbocycles. The number of benzene rings is 1. The Bertz CT molecular complexity index is 749. The van der Waals surface area contributed by atoms with Crippen LogP contribution in [0.2, 0.25) is 0 Å². The van der Waals surface area contributed by atoms with Crippen molar-refractivity contribution in [1.29, 1.82) is 0 Å². The van der Waals surface area contributed by atoms with E-state index in [1.807, 2.05) is 32.0 Å². The summed E-state index contributed by atoms with van der Waals surface area (Å²) in [5, 5.41) is 9.37. The lowest BCUT2D eigenvalue weighted by molar-refractivity contribution is -0.133. The largest absolute Gasteiger partial charge is 0.318 e. The van der Waals surface area contributed by atoms with Gasteiger partial charge in [0.2, 0.25) is 0 Å². The van der Waals surface area contributed by atoms with Crippen LogP contribution in [0, 0.1) is 0 Å². The van der Waals surface area contributed by atoms with Crippen LogP contribution in [0.3, 0.4) is 0 Å². The van der Waals surface area contributed by atoms with Crippen LogP contribution in [-0.4, -0.2) is 21.6 Å². The Morgan fingerprint density at radius 2 is 1.83 bits per heavy atom. The van der Waals surface area contributed by atoms with Crippen molar-refractivity contribution < 1.29 is 9.59 Å². The van der Waals surface area contributed by atoms with E-state index in [2.05, 4.69) is 15.7 Å². The third-order valence-electron chi connectivity index (χ3n) is 3.96. The molecule has 0 unspecified atom stereocenters. The van der Waals surface area contributed by atoms with E-state index in [0.717, 1.165) is 19.3 Å². The van der Waals surface area contributed by atoms with Crippen molar-refractivity contribution >= 4 is 23.3 Å². The molecule has 1 aromatic heterocycles. The number of aromatic nitrogens is 2. The molecule has 2 aromatic rings. The van der Waals surface area contributed by atoms with E-state index >= 15 is 0 Å². The fourth-order valence-corrected chi connectivity index (χ4v) is 2.84. The van der Waals surface area contributed by atoms with Crippen LogP contribution in [0.5, 0.6) is 0 Å². The Hall–Kier alpha value is -2.63. The molecule has 6 heteroatoms. The van der Waals surface area contributed by atoms with Crippen LogP contribution in [0.25, 0.3) is 0 Å². The molecule has 0 spiro atoms. The topological polar surface area (TPSA) is 76.0 Å². The van der Waals surface area contributed by atoms with Gasteiger partial charge in [-0.1, -0.05) is 6.07 Å². The molecule has 1 aliphatic carbocycles. The monoisotopic (exact) mass is 312 g/mol. The normalized spacial score (nSPS) is 13.0. The van der Waals surface area contributed by atoms with Crippen LogP contribution in [-0.2, 0) is 22.4 Å². The van der Waals surface area contributed by atoms with Gasteiger partial charge >= 0.3 is 11.8 Å². The molecule has 0 radical (unpaired) electrons. The van der Waals surface area contributed by atoms with Gasteiger partial charge in [0.05, 0.1) is 6.20 Å². The summed E-state index contributed by atoms with van der Waals surface area (Å²) in [5.41, 5.74) is 3.23. The molecule has 0 saturated carbocycles. The first kappa shape index (κ1) is 15.3. The number of rotatable bonds is 3. The molecule has 120 valence electrons. The summed E-state index contributed by atoms with van der Waals surface area (Å²) >= 11 is 0. The van der Waals surface area contributed by atoms with Crippen molar-refractivity contribution in [2.45, 2.75) is 39.2 Å². The lowest BCUT2D eigenvalue weighted by atomic mass is 10.1. The van der Waals surface area contributed by atoms with Crippen molar-refractivity contribution in [3.8, 4) is 0 Å². The number of hydrogen-bond donors (Lipinski definition) is 2. The van der Waals surface area contributed by atoms with Crippen molar-refractivity contribution in [1.82, 2.24) is 9.78 Å². The number of nitrogens with one attached hydrogen (secondary N) is 2. The summed E-state index contributed by atoms with van der Waals surface area (Å²) < 4.78 is 1.65. The lowest BCUT2D eigenvalue weighted by Gasteiger charge is -2.12. The highest BCUT2D eigenvalue weighted by Gasteiger charge is 2.18. The molecular formula is C17H20N4O2. The number of aryl methyl sites for hydroxylation is 2. The Labute approximate surface area is 134 Å². The summed E-state index contributed by atoms with van der Waals surface area (Å²) in [6.45, 7) is 3.90. The maximum atomic E-state index is 12.1. The third-order valence-corrected chi connectivity index (χ3v) is 3.96. The first-order valence-corrected chi connectivity index (χ1v) is 7.82. The zero-order valence-corrected chi connectivity index (χ0v) is 13.3. The minimum Gasteiger partial charge on any atom is -0.318 e. The quantitative estimate of drug-likeness (QED) is 0.855. The van der Waals surface area contributed by atoms with Crippen molar-refractivity contribution in [3.63, 3.8) is 0 Å². The highest BCUT2D eigenvalue weighted by molar-refractivity contribution is 6.43.